The quantitative estimate of drug-likeness (QED) is 0.800. The Hall–Kier alpha value is -0.610. The fourth-order valence-electron chi connectivity index (χ4n) is 3.08. The van der Waals surface area contributed by atoms with Crippen LogP contribution in [0.15, 0.2) is 0 Å². The van der Waals surface area contributed by atoms with E-state index >= 15 is 0 Å². The second-order valence-electron chi connectivity index (χ2n) is 5.35. The van der Waals surface area contributed by atoms with Gasteiger partial charge in [-0.25, -0.2) is 0 Å². The number of rotatable bonds is 3. The van der Waals surface area contributed by atoms with Gasteiger partial charge in [-0.3, -0.25) is 4.79 Å². The number of carbonyl (C=O) groups is 1. The fourth-order valence-corrected chi connectivity index (χ4v) is 3.08. The van der Waals surface area contributed by atoms with Gasteiger partial charge in [-0.15, -0.1) is 0 Å². The van der Waals surface area contributed by atoms with Crippen LogP contribution in [-0.4, -0.2) is 43.7 Å². The summed E-state index contributed by atoms with van der Waals surface area (Å²) in [5.74, 6) is 0.830. The van der Waals surface area contributed by atoms with E-state index in [0.29, 0.717) is 19.1 Å². The van der Waals surface area contributed by atoms with Gasteiger partial charge in [-0.1, -0.05) is 12.8 Å². The highest BCUT2D eigenvalue weighted by Gasteiger charge is 2.34. The van der Waals surface area contributed by atoms with Crippen molar-refractivity contribution in [2.24, 2.45) is 17.6 Å². The third-order valence-corrected chi connectivity index (χ3v) is 4.33. The smallest absolute Gasteiger partial charge is 0.226 e. The van der Waals surface area contributed by atoms with Gasteiger partial charge in [0.2, 0.25) is 5.91 Å². The summed E-state index contributed by atoms with van der Waals surface area (Å²) in [6.45, 7) is 2.13. The number of nitrogens with zero attached hydrogens (tertiary/aromatic N) is 1. The lowest BCUT2D eigenvalue weighted by atomic mass is 9.78. The van der Waals surface area contributed by atoms with Gasteiger partial charge in [0, 0.05) is 19.6 Å². The van der Waals surface area contributed by atoms with Crippen molar-refractivity contribution in [2.45, 2.75) is 38.1 Å². The lowest BCUT2D eigenvalue weighted by Gasteiger charge is -2.34. The lowest BCUT2D eigenvalue weighted by molar-refractivity contribution is -0.139. The molecule has 0 aromatic carbocycles. The van der Waals surface area contributed by atoms with Crippen molar-refractivity contribution in [1.82, 2.24) is 4.90 Å². The molecule has 2 fully saturated rings. The summed E-state index contributed by atoms with van der Waals surface area (Å²) in [6.07, 6.45) is 5.49. The highest BCUT2D eigenvalue weighted by Crippen LogP contribution is 2.31. The molecule has 2 N–H and O–H groups in total. The molecule has 3 atom stereocenters. The molecule has 1 aliphatic carbocycles. The van der Waals surface area contributed by atoms with Gasteiger partial charge in [-0.2, -0.15) is 0 Å². The Morgan fingerprint density at radius 3 is 2.76 bits per heavy atom. The van der Waals surface area contributed by atoms with Crippen LogP contribution in [0.25, 0.3) is 0 Å². The van der Waals surface area contributed by atoms with Gasteiger partial charge in [-0.05, 0) is 31.7 Å². The first-order chi connectivity index (χ1) is 8.24. The number of likely N-dealkylation sites (N-methyl/N-ethyl adjacent to an activating group) is 1. The maximum Gasteiger partial charge on any atom is 0.226 e. The number of hydrogen-bond acceptors (Lipinski definition) is 3. The molecule has 0 aromatic rings. The van der Waals surface area contributed by atoms with E-state index in [1.807, 2.05) is 11.9 Å². The maximum absolute atomic E-state index is 12.5. The zero-order chi connectivity index (χ0) is 12.3. The molecule has 0 spiro atoms. The molecule has 17 heavy (non-hydrogen) atoms. The molecule has 3 unspecified atom stereocenters. The van der Waals surface area contributed by atoms with E-state index in [-0.39, 0.29) is 17.9 Å². The minimum Gasteiger partial charge on any atom is -0.379 e. The molecule has 1 saturated heterocycles. The van der Waals surface area contributed by atoms with Crippen molar-refractivity contribution in [3.63, 3.8) is 0 Å². The molecule has 1 aliphatic heterocycles. The standard InChI is InChI=1S/C13H24N2O2/c1-15(11-6-7-17-9-11)13(16)12-5-3-2-4-10(12)8-14/h10-12H,2-9,14H2,1H3. The van der Waals surface area contributed by atoms with Crippen molar-refractivity contribution in [1.29, 1.82) is 0 Å². The Labute approximate surface area is 103 Å². The van der Waals surface area contributed by atoms with Crippen LogP contribution in [0, 0.1) is 11.8 Å². The molecule has 1 saturated carbocycles. The monoisotopic (exact) mass is 240 g/mol. The number of ether oxygens (including phenoxy) is 1. The number of nitrogens with two attached hydrogens (primary N) is 1. The zero-order valence-corrected chi connectivity index (χ0v) is 10.7. The van der Waals surface area contributed by atoms with Crippen LogP contribution in [0.5, 0.6) is 0 Å². The molecular weight excluding hydrogens is 216 g/mol. The van der Waals surface area contributed by atoms with Crippen LogP contribution >= 0.6 is 0 Å². The molecule has 1 amide bonds. The van der Waals surface area contributed by atoms with E-state index in [2.05, 4.69) is 0 Å². The van der Waals surface area contributed by atoms with Gasteiger partial charge in [0.05, 0.1) is 12.6 Å². The van der Waals surface area contributed by atoms with Crippen molar-refractivity contribution in [3.05, 3.63) is 0 Å². The second-order valence-corrected chi connectivity index (χ2v) is 5.35. The highest BCUT2D eigenvalue weighted by molar-refractivity contribution is 5.79. The van der Waals surface area contributed by atoms with E-state index < -0.39 is 0 Å². The van der Waals surface area contributed by atoms with Gasteiger partial charge in [0.15, 0.2) is 0 Å². The van der Waals surface area contributed by atoms with Crippen molar-refractivity contribution in [2.75, 3.05) is 26.8 Å². The largest absolute Gasteiger partial charge is 0.379 e. The van der Waals surface area contributed by atoms with E-state index in [0.717, 1.165) is 25.9 Å². The first kappa shape index (κ1) is 12.8. The molecule has 2 rings (SSSR count). The molecule has 1 heterocycles. The third-order valence-electron chi connectivity index (χ3n) is 4.33. The molecule has 2 aliphatic rings. The van der Waals surface area contributed by atoms with Gasteiger partial charge in [0.25, 0.3) is 0 Å². The van der Waals surface area contributed by atoms with E-state index in [1.165, 1.54) is 12.8 Å². The molecule has 4 heteroatoms. The topological polar surface area (TPSA) is 55.6 Å². The summed E-state index contributed by atoms with van der Waals surface area (Å²) in [4.78, 5) is 14.4. The lowest BCUT2D eigenvalue weighted by Crippen LogP contribution is -2.45. The Morgan fingerprint density at radius 1 is 1.35 bits per heavy atom. The summed E-state index contributed by atoms with van der Waals surface area (Å²) in [5, 5.41) is 0. The van der Waals surface area contributed by atoms with Crippen LogP contribution in [0.4, 0.5) is 0 Å². The Balaban J connectivity index is 1.96. The Bertz CT molecular complexity index is 264. The first-order valence-corrected chi connectivity index (χ1v) is 6.78. The van der Waals surface area contributed by atoms with Gasteiger partial charge < -0.3 is 15.4 Å². The molecule has 4 nitrogen and oxygen atoms in total. The average Bonchev–Trinajstić information content (AvgIpc) is 2.90. The van der Waals surface area contributed by atoms with Crippen LogP contribution in [0.3, 0.4) is 0 Å². The van der Waals surface area contributed by atoms with Crippen molar-refractivity contribution in [3.8, 4) is 0 Å². The molecule has 0 bridgehead atoms. The predicted molar refractivity (Wildman–Crippen MR) is 66.5 cm³/mol. The summed E-state index contributed by atoms with van der Waals surface area (Å²) in [7, 11) is 1.92. The second kappa shape index (κ2) is 5.83. The number of carbonyl (C=O) groups excluding carboxylic acids is 1. The summed E-state index contributed by atoms with van der Waals surface area (Å²) in [6, 6.07) is 0.280. The van der Waals surface area contributed by atoms with Gasteiger partial charge >= 0.3 is 0 Å². The van der Waals surface area contributed by atoms with Crippen LogP contribution in [0.1, 0.15) is 32.1 Å². The summed E-state index contributed by atoms with van der Waals surface area (Å²) >= 11 is 0. The minimum atomic E-state index is 0.152. The number of hydrogen-bond donors (Lipinski definition) is 1. The zero-order valence-electron chi connectivity index (χ0n) is 10.7. The van der Waals surface area contributed by atoms with E-state index in [1.54, 1.807) is 0 Å². The third kappa shape index (κ3) is 2.80. The summed E-state index contributed by atoms with van der Waals surface area (Å²) in [5.41, 5.74) is 5.79. The van der Waals surface area contributed by atoms with Crippen molar-refractivity contribution >= 4 is 5.91 Å². The first-order valence-electron chi connectivity index (χ1n) is 6.78. The molecule has 98 valence electrons. The van der Waals surface area contributed by atoms with Gasteiger partial charge in [0.1, 0.15) is 0 Å². The molecular formula is C13H24N2O2. The van der Waals surface area contributed by atoms with Crippen molar-refractivity contribution < 1.29 is 9.53 Å². The molecule has 0 radical (unpaired) electrons. The fraction of sp³-hybridized carbons (Fsp3) is 0.923. The van der Waals surface area contributed by atoms with Crippen LogP contribution < -0.4 is 5.73 Å². The van der Waals surface area contributed by atoms with E-state index in [9.17, 15) is 4.79 Å². The highest BCUT2D eigenvalue weighted by atomic mass is 16.5. The van der Waals surface area contributed by atoms with Crippen LogP contribution in [-0.2, 0) is 9.53 Å². The Kier molecular flexibility index (Phi) is 4.40. The maximum atomic E-state index is 12.5. The Morgan fingerprint density at radius 2 is 2.12 bits per heavy atom. The summed E-state index contributed by atoms with van der Waals surface area (Å²) < 4.78 is 5.35. The predicted octanol–water partition coefficient (Wildman–Crippen LogP) is 0.999. The number of amides is 1. The molecule has 0 aromatic heterocycles. The normalized spacial score (nSPS) is 33.6. The SMILES string of the molecule is CN(C(=O)C1CCCCC1CN)C1CCOC1. The minimum absolute atomic E-state index is 0.152. The van der Waals surface area contributed by atoms with E-state index in [4.69, 9.17) is 10.5 Å². The van der Waals surface area contributed by atoms with Crippen LogP contribution in [0.2, 0.25) is 0 Å². The average molecular weight is 240 g/mol.